The molecule has 0 unspecified atom stereocenters. The lowest BCUT2D eigenvalue weighted by molar-refractivity contribution is -0.137. The first-order chi connectivity index (χ1) is 13.5. The predicted molar refractivity (Wildman–Crippen MR) is 106 cm³/mol. The van der Waals surface area contributed by atoms with E-state index in [1.54, 1.807) is 39.0 Å². The number of carbonyl (C=O) groups excluding carboxylic acids is 2. The van der Waals surface area contributed by atoms with Crippen molar-refractivity contribution in [3.63, 3.8) is 0 Å². The van der Waals surface area contributed by atoms with Gasteiger partial charge >= 0.3 is 12.3 Å². The lowest BCUT2D eigenvalue weighted by atomic mass is 10.0. The molecule has 0 fully saturated rings. The Morgan fingerprint density at radius 1 is 1.03 bits per heavy atom. The minimum absolute atomic E-state index is 0.175. The number of hydrogen-bond acceptors (Lipinski definition) is 4. The van der Waals surface area contributed by atoms with Gasteiger partial charge < -0.3 is 4.74 Å². The third-order valence-electron chi connectivity index (χ3n) is 4.15. The van der Waals surface area contributed by atoms with Crippen LogP contribution in [-0.2, 0) is 15.7 Å². The van der Waals surface area contributed by atoms with E-state index >= 15 is 0 Å². The summed E-state index contributed by atoms with van der Waals surface area (Å²) < 4.78 is 43.7. The first-order valence-electron chi connectivity index (χ1n) is 8.96. The minimum Gasteiger partial charge on any atom is -0.443 e. The van der Waals surface area contributed by atoms with E-state index in [-0.39, 0.29) is 12.3 Å². The molecule has 0 bridgehead atoms. The zero-order valence-corrected chi connectivity index (χ0v) is 17.0. The first-order valence-corrected chi connectivity index (χ1v) is 9.95. The maximum atomic E-state index is 12.8. The molecule has 1 aliphatic rings. The van der Waals surface area contributed by atoms with Gasteiger partial charge in [0, 0.05) is 17.1 Å². The van der Waals surface area contributed by atoms with Gasteiger partial charge in [0.2, 0.25) is 5.91 Å². The summed E-state index contributed by atoms with van der Waals surface area (Å²) in [6.45, 7) is 5.16. The molecule has 0 aliphatic carbocycles. The molecule has 0 atom stereocenters. The third kappa shape index (κ3) is 4.93. The highest BCUT2D eigenvalue weighted by Gasteiger charge is 2.32. The van der Waals surface area contributed by atoms with E-state index in [0.717, 1.165) is 17.0 Å². The van der Waals surface area contributed by atoms with Crippen LogP contribution >= 0.6 is 11.8 Å². The number of benzene rings is 2. The number of nitrogens with zero attached hydrogens (tertiary/aromatic N) is 1. The van der Waals surface area contributed by atoms with Crippen LogP contribution in [0.25, 0.3) is 11.1 Å². The van der Waals surface area contributed by atoms with E-state index in [1.807, 2.05) is 0 Å². The monoisotopic (exact) mass is 423 g/mol. The highest BCUT2D eigenvalue weighted by atomic mass is 32.2. The van der Waals surface area contributed by atoms with Crippen LogP contribution in [0, 0.1) is 0 Å². The molecular weight excluding hydrogens is 403 g/mol. The summed E-state index contributed by atoms with van der Waals surface area (Å²) in [6, 6.07) is 9.96. The number of halogens is 3. The van der Waals surface area contributed by atoms with Crippen LogP contribution in [0.4, 0.5) is 23.7 Å². The fraction of sp³-hybridized carbons (Fsp3) is 0.333. The standard InChI is InChI=1S/C21H20F3NO3S/c1-20(2,3)28-19(27)25-16-9-6-14(12-17(16)29-11-10-18(25)26)13-4-7-15(8-5-13)21(22,23)24/h4-9,12H,10-11H2,1-3H3. The van der Waals surface area contributed by atoms with Gasteiger partial charge in [0.1, 0.15) is 5.60 Å². The van der Waals surface area contributed by atoms with Gasteiger partial charge in [-0.3, -0.25) is 4.79 Å². The minimum atomic E-state index is -4.39. The van der Waals surface area contributed by atoms with Crippen LogP contribution in [0.1, 0.15) is 32.8 Å². The van der Waals surface area contributed by atoms with Gasteiger partial charge in [0.15, 0.2) is 0 Å². The Hall–Kier alpha value is -2.48. The van der Waals surface area contributed by atoms with Crippen molar-refractivity contribution in [3.05, 3.63) is 48.0 Å². The number of fused-ring (bicyclic) bond motifs is 1. The summed E-state index contributed by atoms with van der Waals surface area (Å²) in [4.78, 5) is 26.8. The Morgan fingerprint density at radius 3 is 2.24 bits per heavy atom. The number of thioether (sulfide) groups is 1. The Morgan fingerprint density at radius 2 is 1.66 bits per heavy atom. The molecule has 0 aromatic heterocycles. The normalized spacial score (nSPS) is 15.0. The van der Waals surface area contributed by atoms with E-state index in [4.69, 9.17) is 4.74 Å². The average Bonchev–Trinajstić information content (AvgIpc) is 2.77. The van der Waals surface area contributed by atoms with Crippen molar-refractivity contribution in [1.82, 2.24) is 0 Å². The van der Waals surface area contributed by atoms with Gasteiger partial charge in [0.25, 0.3) is 0 Å². The van der Waals surface area contributed by atoms with Gasteiger partial charge in [-0.15, -0.1) is 11.8 Å². The second kappa shape index (κ2) is 7.74. The van der Waals surface area contributed by atoms with Gasteiger partial charge in [-0.05, 0) is 56.2 Å². The smallest absolute Gasteiger partial charge is 0.421 e. The largest absolute Gasteiger partial charge is 0.443 e. The SMILES string of the molecule is CC(C)(C)OC(=O)N1C(=O)CCSc2cc(-c3ccc(C(F)(F)F)cc3)ccc21. The summed E-state index contributed by atoms with van der Waals surface area (Å²) in [6.07, 6.45) is -4.96. The number of carbonyl (C=O) groups is 2. The summed E-state index contributed by atoms with van der Waals surface area (Å²) in [5, 5.41) is 0. The van der Waals surface area contributed by atoms with Crippen LogP contribution in [0.15, 0.2) is 47.4 Å². The Balaban J connectivity index is 1.96. The highest BCUT2D eigenvalue weighted by molar-refractivity contribution is 7.99. The van der Waals surface area contributed by atoms with Crippen LogP contribution < -0.4 is 4.90 Å². The number of imide groups is 1. The van der Waals surface area contributed by atoms with Crippen molar-refractivity contribution in [2.45, 2.75) is 43.9 Å². The lowest BCUT2D eigenvalue weighted by Crippen LogP contribution is -2.40. The van der Waals surface area contributed by atoms with E-state index in [2.05, 4.69) is 0 Å². The topological polar surface area (TPSA) is 46.6 Å². The number of ether oxygens (including phenoxy) is 1. The quantitative estimate of drug-likeness (QED) is 0.553. The van der Waals surface area contributed by atoms with Crippen LogP contribution in [0.3, 0.4) is 0 Å². The predicted octanol–water partition coefficient (Wildman–Crippen LogP) is 6.14. The zero-order valence-electron chi connectivity index (χ0n) is 16.2. The molecule has 0 N–H and O–H groups in total. The number of amides is 2. The van der Waals surface area contributed by atoms with Crippen LogP contribution in [-0.4, -0.2) is 23.4 Å². The van der Waals surface area contributed by atoms with Crippen molar-refractivity contribution in [3.8, 4) is 11.1 Å². The molecular formula is C21H20F3NO3S. The summed E-state index contributed by atoms with van der Waals surface area (Å²) in [5.74, 6) is 0.134. The van der Waals surface area contributed by atoms with E-state index in [1.165, 1.54) is 23.9 Å². The van der Waals surface area contributed by atoms with Gasteiger partial charge in [-0.1, -0.05) is 18.2 Å². The summed E-state index contributed by atoms with van der Waals surface area (Å²) >= 11 is 1.42. The second-order valence-corrected chi connectivity index (χ2v) is 8.70. The molecule has 0 saturated heterocycles. The third-order valence-corrected chi connectivity index (χ3v) is 5.19. The Kier molecular flexibility index (Phi) is 5.67. The molecule has 1 aliphatic heterocycles. The van der Waals surface area contributed by atoms with Crippen molar-refractivity contribution in [2.24, 2.45) is 0 Å². The van der Waals surface area contributed by atoms with Crippen molar-refractivity contribution < 1.29 is 27.5 Å². The number of anilines is 1. The molecule has 4 nitrogen and oxygen atoms in total. The Labute approximate surface area is 171 Å². The molecule has 0 spiro atoms. The number of hydrogen-bond donors (Lipinski definition) is 0. The van der Waals surface area contributed by atoms with Crippen LogP contribution in [0.2, 0.25) is 0 Å². The molecule has 2 aromatic carbocycles. The fourth-order valence-electron chi connectivity index (χ4n) is 2.85. The molecule has 1 heterocycles. The molecule has 154 valence electrons. The molecule has 0 radical (unpaired) electrons. The average molecular weight is 423 g/mol. The molecule has 0 saturated carbocycles. The van der Waals surface area contributed by atoms with Crippen molar-refractivity contribution in [2.75, 3.05) is 10.7 Å². The first kappa shape index (κ1) is 21.2. The Bertz CT molecular complexity index is 934. The number of alkyl halides is 3. The lowest BCUT2D eigenvalue weighted by Gasteiger charge is -2.26. The molecule has 29 heavy (non-hydrogen) atoms. The van der Waals surface area contributed by atoms with Crippen molar-refractivity contribution >= 4 is 29.4 Å². The summed E-state index contributed by atoms with van der Waals surface area (Å²) in [7, 11) is 0. The molecule has 3 rings (SSSR count). The van der Waals surface area contributed by atoms with Gasteiger partial charge in [-0.2, -0.15) is 13.2 Å². The molecule has 8 heteroatoms. The van der Waals surface area contributed by atoms with Gasteiger partial charge in [-0.25, -0.2) is 9.69 Å². The molecule has 2 aromatic rings. The number of rotatable bonds is 1. The highest BCUT2D eigenvalue weighted by Crippen LogP contribution is 2.38. The van der Waals surface area contributed by atoms with Crippen LogP contribution in [0.5, 0.6) is 0 Å². The molecule has 2 amide bonds. The van der Waals surface area contributed by atoms with E-state index < -0.39 is 23.4 Å². The fourth-order valence-corrected chi connectivity index (χ4v) is 3.86. The zero-order chi connectivity index (χ0) is 21.4. The van der Waals surface area contributed by atoms with Crippen molar-refractivity contribution in [1.29, 1.82) is 0 Å². The second-order valence-electron chi connectivity index (χ2n) is 7.57. The van der Waals surface area contributed by atoms with Gasteiger partial charge in [0.05, 0.1) is 11.3 Å². The summed E-state index contributed by atoms with van der Waals surface area (Å²) in [5.41, 5.74) is 0.260. The van der Waals surface area contributed by atoms with E-state index in [0.29, 0.717) is 27.5 Å². The van der Waals surface area contributed by atoms with E-state index in [9.17, 15) is 22.8 Å². The maximum Gasteiger partial charge on any atom is 0.421 e. The maximum absolute atomic E-state index is 12.8.